The van der Waals surface area contributed by atoms with Gasteiger partial charge in [0.15, 0.2) is 0 Å². The Morgan fingerprint density at radius 1 is 1.26 bits per heavy atom. The van der Waals surface area contributed by atoms with Crippen LogP contribution in [0.15, 0.2) is 24.3 Å². The van der Waals surface area contributed by atoms with Gasteiger partial charge in [-0.15, -0.1) is 0 Å². The van der Waals surface area contributed by atoms with Gasteiger partial charge in [-0.05, 0) is 36.9 Å². The summed E-state index contributed by atoms with van der Waals surface area (Å²) in [5, 5.41) is 4.49. The molecule has 1 N–H and O–H groups in total. The van der Waals surface area contributed by atoms with E-state index in [1.54, 1.807) is 0 Å². The Morgan fingerprint density at radius 3 is 2.63 bits per heavy atom. The molecule has 106 valence electrons. The predicted molar refractivity (Wildman–Crippen MR) is 87.0 cm³/mol. The average molecular weight is 278 g/mol. The number of anilines is 1. The van der Waals surface area contributed by atoms with Crippen LogP contribution in [0.3, 0.4) is 0 Å². The van der Waals surface area contributed by atoms with E-state index >= 15 is 0 Å². The van der Waals surface area contributed by atoms with Gasteiger partial charge in [0.1, 0.15) is 0 Å². The number of nitrogens with zero attached hydrogens (tertiary/aromatic N) is 1. The monoisotopic (exact) mass is 278 g/mol. The molecule has 0 aromatic heterocycles. The van der Waals surface area contributed by atoms with Crippen LogP contribution in [0.1, 0.15) is 32.8 Å². The van der Waals surface area contributed by atoms with Gasteiger partial charge >= 0.3 is 0 Å². The lowest BCUT2D eigenvalue weighted by Gasteiger charge is -2.23. The Balaban J connectivity index is 2.07. The Hall–Kier alpha value is -0.670. The molecule has 2 rings (SSSR count). The second-order valence-electron chi connectivity index (χ2n) is 5.23. The first kappa shape index (κ1) is 14.7. The summed E-state index contributed by atoms with van der Waals surface area (Å²) in [5.74, 6) is 1.29. The SMILES string of the molecule is CCN(CC)Cc1ccccc1NC1CCSC1C. The van der Waals surface area contributed by atoms with E-state index < -0.39 is 0 Å². The molecule has 2 unspecified atom stereocenters. The van der Waals surface area contributed by atoms with Crippen molar-refractivity contribution in [1.82, 2.24) is 4.90 Å². The molecule has 3 heteroatoms. The highest BCUT2D eigenvalue weighted by Gasteiger charge is 2.24. The van der Waals surface area contributed by atoms with Crippen LogP contribution in [0.4, 0.5) is 5.69 Å². The fourth-order valence-corrected chi connectivity index (χ4v) is 3.81. The summed E-state index contributed by atoms with van der Waals surface area (Å²) in [7, 11) is 0. The molecule has 1 saturated heterocycles. The van der Waals surface area contributed by atoms with E-state index in [2.05, 4.69) is 67.0 Å². The molecule has 0 aliphatic carbocycles. The third kappa shape index (κ3) is 3.90. The van der Waals surface area contributed by atoms with Gasteiger partial charge < -0.3 is 5.32 Å². The minimum atomic E-state index is 0.628. The molecule has 1 aliphatic rings. The molecule has 1 aromatic carbocycles. The van der Waals surface area contributed by atoms with Crippen molar-refractivity contribution in [2.75, 3.05) is 24.2 Å². The van der Waals surface area contributed by atoms with Crippen LogP contribution in [0.25, 0.3) is 0 Å². The van der Waals surface area contributed by atoms with Crippen molar-refractivity contribution in [3.05, 3.63) is 29.8 Å². The highest BCUT2D eigenvalue weighted by atomic mass is 32.2. The minimum Gasteiger partial charge on any atom is -0.381 e. The molecule has 1 aliphatic heterocycles. The van der Waals surface area contributed by atoms with E-state index in [1.807, 2.05) is 0 Å². The number of hydrogen-bond acceptors (Lipinski definition) is 3. The van der Waals surface area contributed by atoms with E-state index in [-0.39, 0.29) is 0 Å². The lowest BCUT2D eigenvalue weighted by Crippen LogP contribution is -2.27. The number of rotatable bonds is 6. The van der Waals surface area contributed by atoms with Gasteiger partial charge in [-0.25, -0.2) is 0 Å². The van der Waals surface area contributed by atoms with Gasteiger partial charge in [-0.1, -0.05) is 39.0 Å². The van der Waals surface area contributed by atoms with Gasteiger partial charge in [0.25, 0.3) is 0 Å². The van der Waals surface area contributed by atoms with E-state index in [0.29, 0.717) is 6.04 Å². The van der Waals surface area contributed by atoms with E-state index in [1.165, 1.54) is 23.4 Å². The second kappa shape index (κ2) is 7.20. The largest absolute Gasteiger partial charge is 0.381 e. The maximum atomic E-state index is 3.77. The van der Waals surface area contributed by atoms with Gasteiger partial charge in [0, 0.05) is 23.5 Å². The first-order valence-electron chi connectivity index (χ1n) is 7.43. The summed E-state index contributed by atoms with van der Waals surface area (Å²) < 4.78 is 0. The van der Waals surface area contributed by atoms with Gasteiger partial charge in [-0.2, -0.15) is 11.8 Å². The van der Waals surface area contributed by atoms with Gasteiger partial charge in [-0.3, -0.25) is 4.90 Å². The van der Waals surface area contributed by atoms with Crippen molar-refractivity contribution >= 4 is 17.4 Å². The topological polar surface area (TPSA) is 15.3 Å². The summed E-state index contributed by atoms with van der Waals surface area (Å²) in [6, 6.07) is 9.41. The third-order valence-corrected chi connectivity index (χ3v) is 5.35. The van der Waals surface area contributed by atoms with E-state index in [9.17, 15) is 0 Å². The second-order valence-corrected chi connectivity index (χ2v) is 6.72. The minimum absolute atomic E-state index is 0.628. The Labute approximate surface area is 122 Å². The van der Waals surface area contributed by atoms with Crippen LogP contribution >= 0.6 is 11.8 Å². The molecule has 0 amide bonds. The number of benzene rings is 1. The van der Waals surface area contributed by atoms with Crippen molar-refractivity contribution in [2.45, 2.75) is 45.0 Å². The number of para-hydroxylation sites is 1. The van der Waals surface area contributed by atoms with Crippen LogP contribution in [0.2, 0.25) is 0 Å². The van der Waals surface area contributed by atoms with E-state index in [4.69, 9.17) is 0 Å². The van der Waals surface area contributed by atoms with Crippen LogP contribution < -0.4 is 5.32 Å². The zero-order chi connectivity index (χ0) is 13.7. The highest BCUT2D eigenvalue weighted by Crippen LogP contribution is 2.30. The molecule has 0 bridgehead atoms. The first-order chi connectivity index (χ1) is 9.24. The quantitative estimate of drug-likeness (QED) is 0.851. The van der Waals surface area contributed by atoms with Crippen LogP contribution in [-0.2, 0) is 6.54 Å². The molecular formula is C16H26N2S. The zero-order valence-electron chi connectivity index (χ0n) is 12.4. The number of thioether (sulfide) groups is 1. The molecule has 0 spiro atoms. The molecule has 2 nitrogen and oxygen atoms in total. The first-order valence-corrected chi connectivity index (χ1v) is 8.47. The maximum Gasteiger partial charge on any atom is 0.0388 e. The zero-order valence-corrected chi connectivity index (χ0v) is 13.2. The molecule has 2 atom stereocenters. The summed E-state index contributed by atoms with van der Waals surface area (Å²) in [6.07, 6.45) is 1.28. The van der Waals surface area contributed by atoms with Crippen molar-refractivity contribution < 1.29 is 0 Å². The fraction of sp³-hybridized carbons (Fsp3) is 0.625. The average Bonchev–Trinajstić information content (AvgIpc) is 2.83. The molecule has 1 fully saturated rings. The molecule has 1 heterocycles. The normalized spacial score (nSPS) is 22.9. The van der Waals surface area contributed by atoms with Crippen molar-refractivity contribution in [1.29, 1.82) is 0 Å². The lowest BCUT2D eigenvalue weighted by molar-refractivity contribution is 0.296. The highest BCUT2D eigenvalue weighted by molar-refractivity contribution is 8.00. The Morgan fingerprint density at radius 2 is 2.00 bits per heavy atom. The smallest absolute Gasteiger partial charge is 0.0388 e. The Kier molecular flexibility index (Phi) is 5.59. The molecule has 0 radical (unpaired) electrons. The van der Waals surface area contributed by atoms with Crippen molar-refractivity contribution in [2.24, 2.45) is 0 Å². The molecular weight excluding hydrogens is 252 g/mol. The third-order valence-electron chi connectivity index (χ3n) is 4.02. The maximum absolute atomic E-state index is 3.77. The Bertz CT molecular complexity index is 390. The standard InChI is InChI=1S/C16H26N2S/c1-4-18(5-2)12-14-8-6-7-9-16(14)17-15-10-11-19-13(15)3/h6-9,13,15,17H,4-5,10-12H2,1-3H3. The molecule has 19 heavy (non-hydrogen) atoms. The summed E-state index contributed by atoms with van der Waals surface area (Å²) in [6.45, 7) is 10.1. The summed E-state index contributed by atoms with van der Waals surface area (Å²) in [4.78, 5) is 2.47. The van der Waals surface area contributed by atoms with Crippen LogP contribution in [-0.4, -0.2) is 35.0 Å². The fourth-order valence-electron chi connectivity index (χ4n) is 2.61. The van der Waals surface area contributed by atoms with E-state index in [0.717, 1.165) is 24.9 Å². The van der Waals surface area contributed by atoms with Gasteiger partial charge in [0.2, 0.25) is 0 Å². The van der Waals surface area contributed by atoms with Crippen LogP contribution in [0, 0.1) is 0 Å². The molecule has 1 aromatic rings. The number of hydrogen-bond donors (Lipinski definition) is 1. The van der Waals surface area contributed by atoms with Gasteiger partial charge in [0.05, 0.1) is 0 Å². The summed E-state index contributed by atoms with van der Waals surface area (Å²) >= 11 is 2.08. The number of nitrogens with one attached hydrogen (secondary N) is 1. The lowest BCUT2D eigenvalue weighted by atomic mass is 10.1. The predicted octanol–water partition coefficient (Wildman–Crippen LogP) is 3.83. The van der Waals surface area contributed by atoms with Crippen molar-refractivity contribution in [3.8, 4) is 0 Å². The van der Waals surface area contributed by atoms with Crippen molar-refractivity contribution in [3.63, 3.8) is 0 Å². The van der Waals surface area contributed by atoms with Crippen LogP contribution in [0.5, 0.6) is 0 Å². The molecule has 0 saturated carbocycles. The summed E-state index contributed by atoms with van der Waals surface area (Å²) in [5.41, 5.74) is 2.75.